The summed E-state index contributed by atoms with van der Waals surface area (Å²) in [6.07, 6.45) is -0.831. The van der Waals surface area contributed by atoms with E-state index in [1.54, 1.807) is 13.0 Å². The highest BCUT2D eigenvalue weighted by molar-refractivity contribution is 5.89. The van der Waals surface area contributed by atoms with Crippen molar-refractivity contribution in [3.63, 3.8) is 0 Å². The Balaban J connectivity index is 2.48. The minimum absolute atomic E-state index is 0.0446. The van der Waals surface area contributed by atoms with Crippen LogP contribution in [0.25, 0.3) is 0 Å². The maximum atomic E-state index is 13.1. The Morgan fingerprint density at radius 1 is 1.40 bits per heavy atom. The molecule has 1 rings (SSSR count). The Kier molecular flexibility index (Phi) is 5.92. The molecule has 0 spiro atoms. The van der Waals surface area contributed by atoms with Gasteiger partial charge in [-0.1, -0.05) is 0 Å². The first kappa shape index (κ1) is 15.9. The second kappa shape index (κ2) is 7.44. The van der Waals surface area contributed by atoms with Gasteiger partial charge in [-0.05, 0) is 30.7 Å². The maximum Gasteiger partial charge on any atom is 0.319 e. The van der Waals surface area contributed by atoms with Crippen molar-refractivity contribution in [3.05, 3.63) is 29.6 Å². The topological polar surface area (TPSA) is 87.7 Å². The molecule has 0 heterocycles. The maximum absolute atomic E-state index is 13.1. The summed E-state index contributed by atoms with van der Waals surface area (Å²) in [6, 6.07) is 3.60. The molecular weight excluding hydrogens is 267 g/mol. The van der Waals surface area contributed by atoms with Crippen LogP contribution >= 0.6 is 0 Å². The number of urea groups is 1. The van der Waals surface area contributed by atoms with Crippen molar-refractivity contribution in [1.29, 1.82) is 0 Å². The quantitative estimate of drug-likeness (QED) is 0.742. The zero-order valence-electron chi connectivity index (χ0n) is 11.3. The molecule has 0 saturated carbocycles. The van der Waals surface area contributed by atoms with Crippen LogP contribution in [0.4, 0.5) is 14.9 Å². The third kappa shape index (κ3) is 5.66. The Morgan fingerprint density at radius 3 is 2.65 bits per heavy atom. The number of aliphatic carboxylic acids is 1. The molecule has 110 valence electrons. The fourth-order valence-electron chi connectivity index (χ4n) is 1.62. The van der Waals surface area contributed by atoms with E-state index in [9.17, 15) is 14.0 Å². The highest BCUT2D eigenvalue weighted by Crippen LogP contribution is 2.12. The number of ether oxygens (including phenoxy) is 1. The Hall–Kier alpha value is -2.15. The molecule has 2 amide bonds. The summed E-state index contributed by atoms with van der Waals surface area (Å²) in [5.41, 5.74) is 1.01. The largest absolute Gasteiger partial charge is 0.481 e. The fourth-order valence-corrected chi connectivity index (χ4v) is 1.62. The van der Waals surface area contributed by atoms with Crippen molar-refractivity contribution in [2.45, 2.75) is 19.4 Å². The first-order valence-electron chi connectivity index (χ1n) is 5.97. The number of aryl methyl sites for hydroxylation is 1. The standard InChI is InChI=1S/C13H17FN2O4/c1-8-3-9(14)5-10(4-8)16-13(19)15-7-11(20-2)6-12(17)18/h3-5,11H,6-7H2,1-2H3,(H,17,18)(H2,15,16,19). The van der Waals surface area contributed by atoms with E-state index in [1.165, 1.54) is 19.2 Å². The molecule has 1 aromatic carbocycles. The van der Waals surface area contributed by atoms with Crippen LogP contribution in [0.2, 0.25) is 0 Å². The Morgan fingerprint density at radius 2 is 2.10 bits per heavy atom. The van der Waals surface area contributed by atoms with Gasteiger partial charge in [0.05, 0.1) is 12.5 Å². The minimum atomic E-state index is -1.01. The van der Waals surface area contributed by atoms with Gasteiger partial charge in [0.2, 0.25) is 0 Å². The van der Waals surface area contributed by atoms with E-state index in [0.717, 1.165) is 0 Å². The molecule has 0 fully saturated rings. The molecule has 0 aliphatic heterocycles. The predicted octanol–water partition coefficient (Wildman–Crippen LogP) is 1.75. The average molecular weight is 284 g/mol. The minimum Gasteiger partial charge on any atom is -0.481 e. The molecule has 7 heteroatoms. The van der Waals surface area contributed by atoms with Crippen LogP contribution in [-0.2, 0) is 9.53 Å². The van der Waals surface area contributed by atoms with Gasteiger partial charge in [0.15, 0.2) is 0 Å². The molecule has 0 aromatic heterocycles. The summed E-state index contributed by atoms with van der Waals surface area (Å²) in [7, 11) is 1.36. The first-order valence-corrected chi connectivity index (χ1v) is 5.97. The van der Waals surface area contributed by atoms with E-state index in [4.69, 9.17) is 9.84 Å². The van der Waals surface area contributed by atoms with Gasteiger partial charge < -0.3 is 20.5 Å². The number of nitrogens with one attached hydrogen (secondary N) is 2. The summed E-state index contributed by atoms with van der Waals surface area (Å²) in [5, 5.41) is 13.6. The number of methoxy groups -OCH3 is 1. The van der Waals surface area contributed by atoms with Crippen LogP contribution in [-0.4, -0.2) is 36.9 Å². The van der Waals surface area contributed by atoms with E-state index < -0.39 is 23.9 Å². The number of carbonyl (C=O) groups is 2. The van der Waals surface area contributed by atoms with Crippen molar-refractivity contribution in [1.82, 2.24) is 5.32 Å². The normalized spacial score (nSPS) is 11.8. The lowest BCUT2D eigenvalue weighted by atomic mass is 10.2. The third-order valence-corrected chi connectivity index (χ3v) is 2.53. The monoisotopic (exact) mass is 284 g/mol. The first-order chi connectivity index (χ1) is 9.40. The van der Waals surface area contributed by atoms with Gasteiger partial charge >= 0.3 is 12.0 Å². The van der Waals surface area contributed by atoms with Crippen molar-refractivity contribution >= 4 is 17.7 Å². The lowest BCUT2D eigenvalue weighted by Gasteiger charge is -2.14. The lowest BCUT2D eigenvalue weighted by molar-refractivity contribution is -0.139. The summed E-state index contributed by atoms with van der Waals surface area (Å²) in [5.74, 6) is -1.46. The summed E-state index contributed by atoms with van der Waals surface area (Å²) < 4.78 is 18.1. The van der Waals surface area contributed by atoms with E-state index in [0.29, 0.717) is 11.3 Å². The van der Waals surface area contributed by atoms with Crippen LogP contribution in [0.15, 0.2) is 18.2 Å². The van der Waals surface area contributed by atoms with Crippen molar-refractivity contribution < 1.29 is 23.8 Å². The number of amides is 2. The molecule has 20 heavy (non-hydrogen) atoms. The van der Waals surface area contributed by atoms with Gasteiger partial charge in [-0.2, -0.15) is 0 Å². The third-order valence-electron chi connectivity index (χ3n) is 2.53. The highest BCUT2D eigenvalue weighted by Gasteiger charge is 2.13. The second-order valence-corrected chi connectivity index (χ2v) is 4.31. The summed E-state index contributed by atoms with van der Waals surface area (Å²) in [6.45, 7) is 1.75. The van der Waals surface area contributed by atoms with Crippen LogP contribution in [0, 0.1) is 12.7 Å². The number of hydrogen-bond acceptors (Lipinski definition) is 3. The second-order valence-electron chi connectivity index (χ2n) is 4.31. The molecule has 1 unspecified atom stereocenters. The zero-order chi connectivity index (χ0) is 15.1. The summed E-state index contributed by atoms with van der Waals surface area (Å²) >= 11 is 0. The van der Waals surface area contributed by atoms with E-state index in [2.05, 4.69) is 10.6 Å². The van der Waals surface area contributed by atoms with Gasteiger partial charge in [0.25, 0.3) is 0 Å². The summed E-state index contributed by atoms with van der Waals surface area (Å²) in [4.78, 5) is 22.1. The molecular formula is C13H17FN2O4. The van der Waals surface area contributed by atoms with Crippen LogP contribution in [0.5, 0.6) is 0 Å². The smallest absolute Gasteiger partial charge is 0.319 e. The molecule has 0 saturated heterocycles. The molecule has 1 aromatic rings. The van der Waals surface area contributed by atoms with Crippen molar-refractivity contribution in [3.8, 4) is 0 Å². The van der Waals surface area contributed by atoms with Gasteiger partial charge in [-0.3, -0.25) is 4.79 Å². The van der Waals surface area contributed by atoms with Crippen molar-refractivity contribution in [2.75, 3.05) is 19.0 Å². The van der Waals surface area contributed by atoms with Crippen molar-refractivity contribution in [2.24, 2.45) is 0 Å². The van der Waals surface area contributed by atoms with Gasteiger partial charge in [0.1, 0.15) is 5.82 Å². The van der Waals surface area contributed by atoms with Crippen LogP contribution in [0.3, 0.4) is 0 Å². The number of anilines is 1. The van der Waals surface area contributed by atoms with Crippen LogP contribution in [0.1, 0.15) is 12.0 Å². The SMILES string of the molecule is COC(CNC(=O)Nc1cc(C)cc(F)c1)CC(=O)O. The molecule has 3 N–H and O–H groups in total. The number of benzene rings is 1. The van der Waals surface area contributed by atoms with Crippen LogP contribution < -0.4 is 10.6 Å². The molecule has 6 nitrogen and oxygen atoms in total. The average Bonchev–Trinajstić information content (AvgIpc) is 2.32. The lowest BCUT2D eigenvalue weighted by Crippen LogP contribution is -2.37. The number of carboxylic acid groups (broad SMARTS) is 1. The number of carbonyl (C=O) groups excluding carboxylic acids is 1. The van der Waals surface area contributed by atoms with Gasteiger partial charge in [-0.15, -0.1) is 0 Å². The number of rotatable bonds is 6. The number of carboxylic acids is 1. The number of halogens is 1. The van der Waals surface area contributed by atoms with E-state index in [-0.39, 0.29) is 13.0 Å². The van der Waals surface area contributed by atoms with E-state index in [1.807, 2.05) is 0 Å². The molecule has 1 atom stereocenters. The Labute approximate surface area is 115 Å². The van der Waals surface area contributed by atoms with E-state index >= 15 is 0 Å². The fraction of sp³-hybridized carbons (Fsp3) is 0.385. The molecule has 0 aliphatic rings. The molecule has 0 bridgehead atoms. The van der Waals surface area contributed by atoms with Gasteiger partial charge in [-0.25, -0.2) is 9.18 Å². The highest BCUT2D eigenvalue weighted by atomic mass is 19.1. The van der Waals surface area contributed by atoms with Gasteiger partial charge in [0, 0.05) is 19.3 Å². The predicted molar refractivity (Wildman–Crippen MR) is 71.2 cm³/mol. The zero-order valence-corrected chi connectivity index (χ0v) is 11.3. The Bertz CT molecular complexity index is 473. The number of hydrogen-bond donors (Lipinski definition) is 3. The molecule has 0 aliphatic carbocycles. The molecule has 0 radical (unpaired) electrons.